The Morgan fingerprint density at radius 2 is 1.52 bits per heavy atom. The molecule has 0 unspecified atom stereocenters. The van der Waals surface area contributed by atoms with Crippen LogP contribution in [0, 0.1) is 0 Å². The lowest BCUT2D eigenvalue weighted by atomic mass is 9.85. The second-order valence-corrected chi connectivity index (χ2v) is 14.9. The lowest BCUT2D eigenvalue weighted by molar-refractivity contribution is 0.593. The molecule has 0 saturated carbocycles. The number of thiazole rings is 1. The van der Waals surface area contributed by atoms with Crippen molar-refractivity contribution in [1.29, 1.82) is 0 Å². The molecule has 9 rings (SSSR count). The lowest BCUT2D eigenvalue weighted by Crippen LogP contribution is -2.38. The molecule has 0 spiro atoms. The quantitative estimate of drug-likeness (QED) is 0.175. The van der Waals surface area contributed by atoms with Gasteiger partial charge in [0.1, 0.15) is 0 Å². The van der Waals surface area contributed by atoms with Crippen LogP contribution in [0.4, 0.5) is 0 Å². The highest BCUT2D eigenvalue weighted by Crippen LogP contribution is 2.42. The first kappa shape index (κ1) is 29.3. The lowest BCUT2D eigenvalue weighted by Gasteiger charge is -2.30. The highest BCUT2D eigenvalue weighted by Gasteiger charge is 2.33. The minimum atomic E-state index is -0.160. The summed E-state index contributed by atoms with van der Waals surface area (Å²) in [6, 6.07) is 44.2. The molecule has 7 aromatic rings. The Bertz CT molecular complexity index is 2520. The van der Waals surface area contributed by atoms with Gasteiger partial charge >= 0.3 is 0 Å². The molecule has 1 aliphatic heterocycles. The van der Waals surface area contributed by atoms with Gasteiger partial charge in [-0.1, -0.05) is 118 Å². The summed E-state index contributed by atoms with van der Waals surface area (Å²) in [7, 11) is 0. The van der Waals surface area contributed by atoms with E-state index in [2.05, 4.69) is 147 Å². The number of aryl methyl sites for hydroxylation is 1. The van der Waals surface area contributed by atoms with Gasteiger partial charge in [-0.05, 0) is 83.0 Å². The molecule has 1 aliphatic carbocycles. The number of benzene rings is 4. The average Bonchev–Trinajstić information content (AvgIpc) is 3.87. The zero-order valence-corrected chi connectivity index (χ0v) is 28.9. The summed E-state index contributed by atoms with van der Waals surface area (Å²) in [5.74, 6) is 0. The van der Waals surface area contributed by atoms with Crippen molar-refractivity contribution in [1.82, 2.24) is 9.13 Å². The number of halogens is 1. The molecular formula is C41H28BrN3OS2. The fourth-order valence-electron chi connectivity index (χ4n) is 7.07. The van der Waals surface area contributed by atoms with Crippen LogP contribution in [-0.4, -0.2) is 9.13 Å². The topological polar surface area (TPSA) is 39.3 Å². The molecule has 3 aromatic heterocycles. The van der Waals surface area contributed by atoms with E-state index in [0.717, 1.165) is 61.6 Å². The van der Waals surface area contributed by atoms with Gasteiger partial charge in [-0.15, -0.1) is 11.3 Å². The smallest absolute Gasteiger partial charge is 0.271 e. The van der Waals surface area contributed by atoms with Crippen molar-refractivity contribution in [3.05, 3.63) is 184 Å². The maximum atomic E-state index is 14.6. The number of fused-ring (bicyclic) bond motifs is 3. The van der Waals surface area contributed by atoms with Crippen LogP contribution in [0.15, 0.2) is 153 Å². The van der Waals surface area contributed by atoms with Crippen LogP contribution in [0.1, 0.15) is 34.0 Å². The summed E-state index contributed by atoms with van der Waals surface area (Å²) < 4.78 is 5.95. The largest absolute Gasteiger partial charge is 0.309 e. The Balaban J connectivity index is 1.32. The number of hydrogen-bond acceptors (Lipinski definition) is 4. The molecule has 232 valence electrons. The van der Waals surface area contributed by atoms with E-state index in [4.69, 9.17) is 4.99 Å². The Hall–Kier alpha value is -4.82. The summed E-state index contributed by atoms with van der Waals surface area (Å²) in [6.07, 6.45) is 3.91. The number of rotatable bonds is 5. The Labute approximate surface area is 294 Å². The average molecular weight is 723 g/mol. The van der Waals surface area contributed by atoms with E-state index in [-0.39, 0.29) is 11.6 Å². The molecule has 4 heterocycles. The minimum absolute atomic E-state index is 0.000719. The number of thiophene rings is 1. The summed E-state index contributed by atoms with van der Waals surface area (Å²) >= 11 is 6.81. The van der Waals surface area contributed by atoms with Crippen LogP contribution < -0.4 is 14.9 Å². The first-order valence-electron chi connectivity index (χ1n) is 15.9. The molecule has 0 bridgehead atoms. The van der Waals surface area contributed by atoms with Crippen LogP contribution in [0.2, 0.25) is 0 Å². The molecule has 7 heteroatoms. The van der Waals surface area contributed by atoms with Gasteiger partial charge in [-0.3, -0.25) is 9.36 Å². The maximum absolute atomic E-state index is 14.6. The van der Waals surface area contributed by atoms with Gasteiger partial charge < -0.3 is 4.57 Å². The third-order valence-corrected chi connectivity index (χ3v) is 11.6. The number of hydrogen-bond donors (Lipinski definition) is 0. The highest BCUT2D eigenvalue weighted by atomic mass is 79.9. The van der Waals surface area contributed by atoms with Crippen molar-refractivity contribution in [3.8, 4) is 28.2 Å². The number of nitrogens with zero attached hydrogens (tertiary/aromatic N) is 3. The molecule has 0 saturated heterocycles. The number of allylic oxidation sites excluding steroid dienone is 1. The van der Waals surface area contributed by atoms with E-state index in [1.165, 1.54) is 32.9 Å². The van der Waals surface area contributed by atoms with E-state index < -0.39 is 0 Å². The fraction of sp³-hybridized carbons (Fsp3) is 0.0732. The molecule has 0 N–H and O–H groups in total. The van der Waals surface area contributed by atoms with Crippen LogP contribution in [-0.2, 0) is 6.42 Å². The van der Waals surface area contributed by atoms with Crippen molar-refractivity contribution in [2.45, 2.75) is 18.9 Å². The second kappa shape index (κ2) is 12.0. The summed E-state index contributed by atoms with van der Waals surface area (Å²) in [6.45, 7) is 0. The minimum Gasteiger partial charge on any atom is -0.309 e. The van der Waals surface area contributed by atoms with Gasteiger partial charge in [0.15, 0.2) is 4.80 Å². The predicted molar refractivity (Wildman–Crippen MR) is 201 cm³/mol. The molecular weight excluding hydrogens is 695 g/mol. The summed E-state index contributed by atoms with van der Waals surface area (Å²) in [5.41, 5.74) is 11.0. The van der Waals surface area contributed by atoms with Gasteiger partial charge in [0, 0.05) is 26.2 Å². The van der Waals surface area contributed by atoms with Crippen molar-refractivity contribution >= 4 is 50.4 Å². The highest BCUT2D eigenvalue weighted by molar-refractivity contribution is 9.10. The SMILES string of the molecule is O=c1/c(=C\c2cc(-c3ccccc3)n(-c3ccc(Br)cc3)c2-c2ccccc2)sc2n1[C@@H](c1cccs1)C1=C(N=2)c2ccccc2CC1. The molecule has 0 radical (unpaired) electrons. The van der Waals surface area contributed by atoms with E-state index >= 15 is 0 Å². The second-order valence-electron chi connectivity index (χ2n) is 12.0. The molecule has 2 aliphatic rings. The zero-order chi connectivity index (χ0) is 32.2. The van der Waals surface area contributed by atoms with Gasteiger partial charge in [-0.2, -0.15) is 0 Å². The predicted octanol–water partition coefficient (Wildman–Crippen LogP) is 9.27. The van der Waals surface area contributed by atoms with Crippen LogP contribution in [0.5, 0.6) is 0 Å². The van der Waals surface area contributed by atoms with Gasteiger partial charge in [0.2, 0.25) is 0 Å². The van der Waals surface area contributed by atoms with Gasteiger partial charge in [0.25, 0.3) is 5.56 Å². The molecule has 4 aromatic carbocycles. The van der Waals surface area contributed by atoms with Gasteiger partial charge in [0.05, 0.1) is 27.7 Å². The zero-order valence-electron chi connectivity index (χ0n) is 25.7. The molecule has 48 heavy (non-hydrogen) atoms. The van der Waals surface area contributed by atoms with Crippen LogP contribution in [0.25, 0.3) is 40.0 Å². The standard InChI is InChI=1S/C41H28BrN3OS2/c42-30-18-20-31(21-19-30)44-34(27-11-3-1-4-12-27)24-29(38(44)28-13-5-2-6-14-28)25-36-40(46)45-39(35-16-9-23-47-35)33-22-17-26-10-7-8-15-32(26)37(33)43-41(45)48-36/h1-16,18-21,23-25,39H,17,22H2/b36-25+/t39-/m1/s1. The van der Waals surface area contributed by atoms with E-state index in [1.54, 1.807) is 11.3 Å². The Morgan fingerprint density at radius 3 is 2.27 bits per heavy atom. The van der Waals surface area contributed by atoms with E-state index in [9.17, 15) is 4.79 Å². The van der Waals surface area contributed by atoms with E-state index in [1.807, 2.05) is 16.7 Å². The fourth-order valence-corrected chi connectivity index (χ4v) is 9.17. The third kappa shape index (κ3) is 4.93. The Morgan fingerprint density at radius 1 is 0.792 bits per heavy atom. The van der Waals surface area contributed by atoms with Crippen molar-refractivity contribution in [3.63, 3.8) is 0 Å². The van der Waals surface area contributed by atoms with Crippen molar-refractivity contribution in [2.24, 2.45) is 4.99 Å². The monoisotopic (exact) mass is 721 g/mol. The maximum Gasteiger partial charge on any atom is 0.271 e. The summed E-state index contributed by atoms with van der Waals surface area (Å²) in [4.78, 5) is 21.8. The third-order valence-electron chi connectivity index (χ3n) is 9.20. The summed E-state index contributed by atoms with van der Waals surface area (Å²) in [5, 5.41) is 2.10. The molecule has 0 fully saturated rings. The first-order chi connectivity index (χ1) is 23.6. The molecule has 4 nitrogen and oxygen atoms in total. The van der Waals surface area contributed by atoms with Crippen molar-refractivity contribution in [2.75, 3.05) is 0 Å². The van der Waals surface area contributed by atoms with Crippen LogP contribution in [0.3, 0.4) is 0 Å². The number of aromatic nitrogens is 2. The van der Waals surface area contributed by atoms with Gasteiger partial charge in [-0.25, -0.2) is 4.99 Å². The van der Waals surface area contributed by atoms with E-state index in [0.29, 0.717) is 4.53 Å². The Kier molecular flexibility index (Phi) is 7.34. The molecule has 1 atom stereocenters. The first-order valence-corrected chi connectivity index (χ1v) is 18.4. The normalized spacial score (nSPS) is 15.5. The molecule has 0 amide bonds. The van der Waals surface area contributed by atoms with Crippen molar-refractivity contribution < 1.29 is 0 Å². The van der Waals surface area contributed by atoms with Crippen LogP contribution >= 0.6 is 38.6 Å².